The maximum atomic E-state index is 13.1. The first-order valence-corrected chi connectivity index (χ1v) is 18.9. The molecular weight excluding hydrogens is 608 g/mol. The van der Waals surface area contributed by atoms with Crippen LogP contribution in [0.4, 0.5) is 0 Å². The van der Waals surface area contributed by atoms with Gasteiger partial charge in [-0.05, 0) is 103 Å². The van der Waals surface area contributed by atoms with Crippen molar-refractivity contribution < 1.29 is 39.5 Å². The van der Waals surface area contributed by atoms with E-state index in [0.717, 1.165) is 51.4 Å². The number of carboxylic acids is 1. The number of aliphatic hydroxyl groups excluding tert-OH is 3. The normalized spacial score (nSPS) is 30.8. The van der Waals surface area contributed by atoms with Crippen molar-refractivity contribution in [2.45, 2.75) is 175 Å². The number of carbonyl (C=O) groups is 2. The Bertz CT molecular complexity index is 1070. The zero-order valence-electron chi connectivity index (χ0n) is 31.8. The second-order valence-electron chi connectivity index (χ2n) is 16.5. The molecule has 0 radical (unpaired) electrons. The van der Waals surface area contributed by atoms with Gasteiger partial charge in [0, 0.05) is 30.3 Å². The van der Waals surface area contributed by atoms with Crippen LogP contribution in [0, 0.1) is 41.4 Å². The minimum Gasteiger partial charge on any atom is -0.512 e. The van der Waals surface area contributed by atoms with Gasteiger partial charge in [0.1, 0.15) is 0 Å². The number of aliphatic hydroxyl groups is 3. The summed E-state index contributed by atoms with van der Waals surface area (Å²) in [6.45, 7) is 19.9. The Hall–Kier alpha value is -1.74. The molecular formula is C40H70O8. The van der Waals surface area contributed by atoms with Crippen molar-refractivity contribution in [3.05, 3.63) is 24.0 Å². The first kappa shape index (κ1) is 42.4. The van der Waals surface area contributed by atoms with E-state index in [1.165, 1.54) is 6.08 Å². The van der Waals surface area contributed by atoms with E-state index >= 15 is 0 Å². The van der Waals surface area contributed by atoms with Gasteiger partial charge in [0.2, 0.25) is 0 Å². The molecule has 0 amide bonds. The summed E-state index contributed by atoms with van der Waals surface area (Å²) >= 11 is 0. The average Bonchev–Trinajstić information content (AvgIpc) is 3.59. The van der Waals surface area contributed by atoms with Gasteiger partial charge in [-0.15, -0.1) is 0 Å². The fourth-order valence-corrected chi connectivity index (χ4v) is 7.86. The SMILES string of the molecule is CC[C@@H](C[C@@H](C)C[C@H](C)C[C@H](C)C(=O)O)C(=O)C=C(O)[C@H](C)C[C@H](C)C/C=C/[C@H](C)[C@@H](O)CC1CCC(C)(C2CCC(C)([C@@H](C)O)O2)O1. The van der Waals surface area contributed by atoms with Crippen molar-refractivity contribution in [3.8, 4) is 0 Å². The smallest absolute Gasteiger partial charge is 0.306 e. The van der Waals surface area contributed by atoms with Crippen LogP contribution in [-0.2, 0) is 19.1 Å². The molecule has 0 aromatic rings. The largest absolute Gasteiger partial charge is 0.512 e. The van der Waals surface area contributed by atoms with E-state index in [1.807, 2.05) is 27.7 Å². The maximum Gasteiger partial charge on any atom is 0.306 e. The zero-order valence-corrected chi connectivity index (χ0v) is 31.8. The number of aliphatic carboxylic acids is 1. The van der Waals surface area contributed by atoms with Gasteiger partial charge in [0.05, 0.1) is 47.3 Å². The quantitative estimate of drug-likeness (QED) is 0.0540. The summed E-state index contributed by atoms with van der Waals surface area (Å²) < 4.78 is 12.8. The number of carbonyl (C=O) groups excluding carboxylic acids is 1. The molecule has 0 aliphatic carbocycles. The Morgan fingerprint density at radius 2 is 1.46 bits per heavy atom. The van der Waals surface area contributed by atoms with Crippen LogP contribution in [0.3, 0.4) is 0 Å². The van der Waals surface area contributed by atoms with Crippen LogP contribution < -0.4 is 0 Å². The number of hydrogen-bond acceptors (Lipinski definition) is 7. The summed E-state index contributed by atoms with van der Waals surface area (Å²) in [6.07, 6.45) is 13.0. The van der Waals surface area contributed by atoms with Crippen LogP contribution in [0.1, 0.15) is 140 Å². The molecule has 4 unspecified atom stereocenters. The van der Waals surface area contributed by atoms with Crippen LogP contribution >= 0.6 is 0 Å². The molecule has 0 saturated carbocycles. The minimum absolute atomic E-state index is 0.0193. The molecule has 2 fully saturated rings. The van der Waals surface area contributed by atoms with Gasteiger partial charge in [-0.25, -0.2) is 0 Å². The lowest BCUT2D eigenvalue weighted by Gasteiger charge is -2.35. The van der Waals surface area contributed by atoms with Crippen molar-refractivity contribution in [1.82, 2.24) is 0 Å². The summed E-state index contributed by atoms with van der Waals surface area (Å²) in [6, 6.07) is 0. The Labute approximate surface area is 291 Å². The molecule has 0 spiro atoms. The van der Waals surface area contributed by atoms with Crippen LogP contribution in [-0.4, -0.2) is 67.8 Å². The average molecular weight is 679 g/mol. The fraction of sp³-hybridized carbons (Fsp3) is 0.850. The lowest BCUT2D eigenvalue weighted by atomic mass is 9.83. The van der Waals surface area contributed by atoms with Crippen LogP contribution in [0.25, 0.3) is 0 Å². The van der Waals surface area contributed by atoms with Gasteiger partial charge < -0.3 is 29.9 Å². The van der Waals surface area contributed by atoms with Crippen LogP contribution in [0.15, 0.2) is 24.0 Å². The Morgan fingerprint density at radius 1 is 0.833 bits per heavy atom. The van der Waals surface area contributed by atoms with Crippen molar-refractivity contribution in [2.75, 3.05) is 0 Å². The Morgan fingerprint density at radius 3 is 2.04 bits per heavy atom. The molecule has 2 aliphatic heterocycles. The molecule has 2 saturated heterocycles. The molecule has 2 heterocycles. The number of ketones is 1. The van der Waals surface area contributed by atoms with Gasteiger partial charge in [-0.2, -0.15) is 0 Å². The van der Waals surface area contributed by atoms with Crippen LogP contribution in [0.5, 0.6) is 0 Å². The van der Waals surface area contributed by atoms with Crippen LogP contribution in [0.2, 0.25) is 0 Å². The van der Waals surface area contributed by atoms with Gasteiger partial charge in [0.15, 0.2) is 5.78 Å². The minimum atomic E-state index is -0.767. The monoisotopic (exact) mass is 679 g/mol. The Kier molecular flexibility index (Phi) is 16.8. The molecule has 4 N–H and O–H groups in total. The summed E-state index contributed by atoms with van der Waals surface area (Å²) in [7, 11) is 0. The summed E-state index contributed by atoms with van der Waals surface area (Å²) in [5.74, 6) is -0.484. The summed E-state index contributed by atoms with van der Waals surface area (Å²) in [4.78, 5) is 24.3. The van der Waals surface area contributed by atoms with Crippen molar-refractivity contribution in [2.24, 2.45) is 41.4 Å². The highest BCUT2D eigenvalue weighted by molar-refractivity contribution is 5.92. The van der Waals surface area contributed by atoms with Gasteiger partial charge in [-0.1, -0.05) is 60.6 Å². The van der Waals surface area contributed by atoms with E-state index in [4.69, 9.17) is 9.47 Å². The summed E-state index contributed by atoms with van der Waals surface area (Å²) in [5.41, 5.74) is -0.928. The van der Waals surface area contributed by atoms with E-state index in [0.29, 0.717) is 31.1 Å². The van der Waals surface area contributed by atoms with Crippen molar-refractivity contribution in [1.29, 1.82) is 0 Å². The van der Waals surface area contributed by atoms with Gasteiger partial charge in [-0.3, -0.25) is 9.59 Å². The second kappa shape index (κ2) is 19.0. The van der Waals surface area contributed by atoms with E-state index < -0.39 is 29.4 Å². The number of carboxylic acid groups (broad SMARTS) is 1. The number of rotatable bonds is 21. The molecule has 0 aromatic carbocycles. The maximum absolute atomic E-state index is 13.1. The number of hydrogen-bond donors (Lipinski definition) is 4. The topological polar surface area (TPSA) is 134 Å². The van der Waals surface area contributed by atoms with Gasteiger partial charge >= 0.3 is 5.97 Å². The predicted octanol–water partition coefficient (Wildman–Crippen LogP) is 8.44. The third kappa shape index (κ3) is 12.9. The first-order chi connectivity index (χ1) is 22.3. The molecule has 13 atom stereocenters. The molecule has 0 bridgehead atoms. The zero-order chi connectivity index (χ0) is 36.4. The second-order valence-corrected chi connectivity index (χ2v) is 16.5. The standard InChI is InChI=1S/C40H70O8/c1-11-32(22-27(4)19-26(3)21-30(7)38(45)46)36(44)24-35(43)29(6)20-25(2)13-12-14-28(5)34(42)23-33-15-17-40(10,47-33)37-16-18-39(9,48-37)31(8)41/h12,14,24-34,37,41-43H,11,13,15-23H2,1-10H3,(H,45,46)/b14-12+,35-24?/t25-,26+,27+,28+,29-,30+,31-,32+,33?,34+,37?,39?,40?/m1/s1. The molecule has 2 rings (SSSR count). The van der Waals surface area contributed by atoms with E-state index in [1.54, 1.807) is 13.8 Å². The highest BCUT2D eigenvalue weighted by Gasteiger charge is 2.51. The third-order valence-corrected chi connectivity index (χ3v) is 11.5. The highest BCUT2D eigenvalue weighted by Crippen LogP contribution is 2.45. The number of ether oxygens (including phenoxy) is 2. The third-order valence-electron chi connectivity index (χ3n) is 11.5. The molecule has 48 heavy (non-hydrogen) atoms. The fourth-order valence-electron chi connectivity index (χ4n) is 7.86. The van der Waals surface area contributed by atoms with E-state index in [-0.39, 0.29) is 53.3 Å². The molecule has 8 nitrogen and oxygen atoms in total. The van der Waals surface area contributed by atoms with Gasteiger partial charge in [0.25, 0.3) is 0 Å². The predicted molar refractivity (Wildman–Crippen MR) is 192 cm³/mol. The first-order valence-electron chi connectivity index (χ1n) is 18.9. The van der Waals surface area contributed by atoms with E-state index in [2.05, 4.69) is 39.8 Å². The van der Waals surface area contributed by atoms with Crippen molar-refractivity contribution >= 4 is 11.8 Å². The van der Waals surface area contributed by atoms with Crippen molar-refractivity contribution in [3.63, 3.8) is 0 Å². The highest BCUT2D eigenvalue weighted by atomic mass is 16.6. The van der Waals surface area contributed by atoms with E-state index in [9.17, 15) is 30.0 Å². The molecule has 2 aliphatic rings. The molecule has 8 heteroatoms. The number of allylic oxidation sites excluding steroid dienone is 3. The summed E-state index contributed by atoms with van der Waals surface area (Å²) in [5, 5.41) is 41.1. The lowest BCUT2D eigenvalue weighted by molar-refractivity contribution is -0.171. The molecule has 278 valence electrons. The molecule has 0 aromatic heterocycles. The Balaban J connectivity index is 1.78. The lowest BCUT2D eigenvalue weighted by Crippen LogP contribution is -2.44.